The van der Waals surface area contributed by atoms with E-state index < -0.39 is 0 Å². The molecule has 14 heavy (non-hydrogen) atoms. The van der Waals surface area contributed by atoms with Gasteiger partial charge in [-0.15, -0.1) is 0 Å². The van der Waals surface area contributed by atoms with E-state index in [9.17, 15) is 0 Å². The monoisotopic (exact) mass is 274 g/mol. The van der Waals surface area contributed by atoms with Crippen LogP contribution in [-0.2, 0) is 9.47 Å². The lowest BCUT2D eigenvalue weighted by Crippen LogP contribution is -2.01. The summed E-state index contributed by atoms with van der Waals surface area (Å²) in [5.74, 6) is 0. The zero-order chi connectivity index (χ0) is 10.1. The Balaban J connectivity index is 2.41. The number of benzene rings is 1. The maximum Gasteiger partial charge on any atom is 0.267 e. The largest absolute Gasteiger partial charge is 0.455 e. The SMILES string of the molecule is Cc1cc(Cl)cc(Br)c1C1OC=CO1. The predicted molar refractivity (Wildman–Crippen MR) is 57.9 cm³/mol. The molecule has 0 aliphatic carbocycles. The molecule has 1 aromatic carbocycles. The minimum absolute atomic E-state index is 0.360. The third-order valence-corrected chi connectivity index (χ3v) is 2.87. The van der Waals surface area contributed by atoms with E-state index in [4.69, 9.17) is 21.1 Å². The summed E-state index contributed by atoms with van der Waals surface area (Å²) in [6.07, 6.45) is 2.71. The second kappa shape index (κ2) is 3.83. The molecule has 0 amide bonds. The molecule has 0 saturated heterocycles. The van der Waals surface area contributed by atoms with Gasteiger partial charge in [0.05, 0.1) is 0 Å². The quantitative estimate of drug-likeness (QED) is 0.773. The Kier molecular flexibility index (Phi) is 2.70. The molecule has 2 nitrogen and oxygen atoms in total. The van der Waals surface area contributed by atoms with Crippen LogP contribution >= 0.6 is 27.5 Å². The van der Waals surface area contributed by atoms with Gasteiger partial charge in [0.1, 0.15) is 12.5 Å². The number of hydrogen-bond donors (Lipinski definition) is 0. The average molecular weight is 276 g/mol. The van der Waals surface area contributed by atoms with Crippen molar-refractivity contribution in [3.63, 3.8) is 0 Å². The van der Waals surface area contributed by atoms with Crippen molar-refractivity contribution in [2.24, 2.45) is 0 Å². The number of ether oxygens (including phenoxy) is 2. The summed E-state index contributed by atoms with van der Waals surface area (Å²) in [6.45, 7) is 1.97. The molecule has 0 saturated carbocycles. The Morgan fingerprint density at radius 1 is 1.29 bits per heavy atom. The van der Waals surface area contributed by atoms with E-state index in [1.165, 1.54) is 12.5 Å². The first kappa shape index (κ1) is 9.87. The Bertz CT molecular complexity index is 359. The molecule has 0 bridgehead atoms. The van der Waals surface area contributed by atoms with E-state index in [-0.39, 0.29) is 6.29 Å². The maximum atomic E-state index is 5.90. The zero-order valence-corrected chi connectivity index (χ0v) is 9.80. The van der Waals surface area contributed by atoms with Crippen LogP contribution in [-0.4, -0.2) is 0 Å². The van der Waals surface area contributed by atoms with Gasteiger partial charge in [-0.3, -0.25) is 0 Å². The van der Waals surface area contributed by atoms with Crippen LogP contribution in [0.4, 0.5) is 0 Å². The molecule has 0 spiro atoms. The van der Waals surface area contributed by atoms with Gasteiger partial charge in [0.15, 0.2) is 0 Å². The Hall–Kier alpha value is -0.670. The zero-order valence-electron chi connectivity index (χ0n) is 7.46. The average Bonchev–Trinajstić information content (AvgIpc) is 2.54. The van der Waals surface area contributed by atoms with Crippen molar-refractivity contribution in [2.75, 3.05) is 0 Å². The molecular weight excluding hydrogens is 267 g/mol. The van der Waals surface area contributed by atoms with Crippen molar-refractivity contribution in [2.45, 2.75) is 13.2 Å². The summed E-state index contributed by atoms with van der Waals surface area (Å²) in [7, 11) is 0. The molecule has 0 unspecified atom stereocenters. The van der Waals surface area contributed by atoms with Gasteiger partial charge in [0.25, 0.3) is 6.29 Å². The molecule has 74 valence electrons. The number of rotatable bonds is 1. The normalized spacial score (nSPS) is 15.4. The Labute approximate surface area is 95.6 Å². The fourth-order valence-corrected chi connectivity index (χ4v) is 2.54. The lowest BCUT2D eigenvalue weighted by molar-refractivity contribution is -0.0256. The van der Waals surface area contributed by atoms with Gasteiger partial charge in [0, 0.05) is 15.1 Å². The molecule has 0 fully saturated rings. The molecule has 0 radical (unpaired) electrons. The summed E-state index contributed by atoms with van der Waals surface area (Å²) in [5.41, 5.74) is 2.01. The van der Waals surface area contributed by atoms with Gasteiger partial charge < -0.3 is 9.47 Å². The Morgan fingerprint density at radius 3 is 2.50 bits per heavy atom. The van der Waals surface area contributed by atoms with Gasteiger partial charge in [-0.25, -0.2) is 0 Å². The molecular formula is C10H8BrClO2. The lowest BCUT2D eigenvalue weighted by Gasteiger charge is -2.15. The van der Waals surface area contributed by atoms with Crippen molar-refractivity contribution < 1.29 is 9.47 Å². The van der Waals surface area contributed by atoms with Crippen LogP contribution in [0.15, 0.2) is 29.1 Å². The van der Waals surface area contributed by atoms with Gasteiger partial charge in [-0.2, -0.15) is 0 Å². The van der Waals surface area contributed by atoms with E-state index in [1.54, 1.807) is 0 Å². The first-order chi connectivity index (χ1) is 6.68. The molecule has 1 heterocycles. The van der Waals surface area contributed by atoms with Crippen molar-refractivity contribution in [1.29, 1.82) is 0 Å². The second-order valence-electron chi connectivity index (χ2n) is 2.99. The van der Waals surface area contributed by atoms with Crippen molar-refractivity contribution in [1.82, 2.24) is 0 Å². The first-order valence-electron chi connectivity index (χ1n) is 4.10. The molecule has 0 N–H and O–H groups in total. The minimum atomic E-state index is -0.360. The third-order valence-electron chi connectivity index (χ3n) is 2.00. The van der Waals surface area contributed by atoms with Gasteiger partial charge in [-0.1, -0.05) is 27.5 Å². The number of hydrogen-bond acceptors (Lipinski definition) is 2. The second-order valence-corrected chi connectivity index (χ2v) is 4.29. The summed E-state index contributed by atoms with van der Waals surface area (Å²) < 4.78 is 11.4. The fraction of sp³-hybridized carbons (Fsp3) is 0.200. The third kappa shape index (κ3) is 1.74. The fourth-order valence-electron chi connectivity index (χ4n) is 1.39. The van der Waals surface area contributed by atoms with Crippen LogP contribution < -0.4 is 0 Å². The van der Waals surface area contributed by atoms with Gasteiger partial charge >= 0.3 is 0 Å². The van der Waals surface area contributed by atoms with Crippen molar-refractivity contribution in [3.8, 4) is 0 Å². The van der Waals surface area contributed by atoms with Gasteiger partial charge in [-0.05, 0) is 24.6 Å². The summed E-state index contributed by atoms with van der Waals surface area (Å²) >= 11 is 9.34. The van der Waals surface area contributed by atoms with E-state index in [1.807, 2.05) is 19.1 Å². The number of aryl methyl sites for hydroxylation is 1. The van der Waals surface area contributed by atoms with E-state index in [0.717, 1.165) is 15.6 Å². The topological polar surface area (TPSA) is 18.5 Å². The number of halogens is 2. The van der Waals surface area contributed by atoms with Crippen LogP contribution in [0, 0.1) is 6.92 Å². The molecule has 0 atom stereocenters. The summed E-state index contributed by atoms with van der Waals surface area (Å²) in [6, 6.07) is 3.71. The molecule has 2 rings (SSSR count). The van der Waals surface area contributed by atoms with E-state index in [2.05, 4.69) is 15.9 Å². The molecule has 1 aromatic rings. The van der Waals surface area contributed by atoms with E-state index in [0.29, 0.717) is 5.02 Å². The maximum absolute atomic E-state index is 5.90. The van der Waals surface area contributed by atoms with Crippen LogP contribution in [0.25, 0.3) is 0 Å². The van der Waals surface area contributed by atoms with Gasteiger partial charge in [0.2, 0.25) is 0 Å². The molecule has 0 aromatic heterocycles. The summed E-state index contributed by atoms with van der Waals surface area (Å²) in [5, 5.41) is 0.698. The van der Waals surface area contributed by atoms with Crippen LogP contribution in [0.2, 0.25) is 5.02 Å². The summed E-state index contributed by atoms with van der Waals surface area (Å²) in [4.78, 5) is 0. The van der Waals surface area contributed by atoms with Crippen molar-refractivity contribution in [3.05, 3.63) is 45.3 Å². The first-order valence-corrected chi connectivity index (χ1v) is 5.27. The highest BCUT2D eigenvalue weighted by Gasteiger charge is 2.21. The van der Waals surface area contributed by atoms with E-state index >= 15 is 0 Å². The molecule has 4 heteroatoms. The molecule has 1 aliphatic rings. The predicted octanol–water partition coefficient (Wildman–Crippen LogP) is 3.93. The highest BCUT2D eigenvalue weighted by Crippen LogP contribution is 2.34. The standard InChI is InChI=1S/C10H8BrClO2/c1-6-4-7(12)5-8(11)9(6)10-13-2-3-14-10/h2-5,10H,1H3. The van der Waals surface area contributed by atoms with Crippen LogP contribution in [0.3, 0.4) is 0 Å². The van der Waals surface area contributed by atoms with Crippen LogP contribution in [0.1, 0.15) is 17.4 Å². The smallest absolute Gasteiger partial charge is 0.267 e. The highest BCUT2D eigenvalue weighted by atomic mass is 79.9. The van der Waals surface area contributed by atoms with Crippen LogP contribution in [0.5, 0.6) is 0 Å². The molecule has 1 aliphatic heterocycles. The van der Waals surface area contributed by atoms with Crippen molar-refractivity contribution >= 4 is 27.5 Å². The highest BCUT2D eigenvalue weighted by molar-refractivity contribution is 9.10. The lowest BCUT2D eigenvalue weighted by atomic mass is 10.1. The Morgan fingerprint density at radius 2 is 1.93 bits per heavy atom. The minimum Gasteiger partial charge on any atom is -0.455 e.